The van der Waals surface area contributed by atoms with Crippen LogP contribution in [0.5, 0.6) is 23.0 Å². The van der Waals surface area contributed by atoms with E-state index in [-0.39, 0.29) is 12.3 Å². The van der Waals surface area contributed by atoms with E-state index in [1.165, 1.54) is 6.08 Å². The predicted molar refractivity (Wildman–Crippen MR) is 176 cm³/mol. The maximum Gasteiger partial charge on any atom is 0.354 e. The molecule has 14 nitrogen and oxygen atoms in total. The number of hydrogen-bond acceptors (Lipinski definition) is 11. The molecule has 250 valence electrons. The van der Waals surface area contributed by atoms with E-state index in [0.29, 0.717) is 69.2 Å². The zero-order chi connectivity index (χ0) is 34.6. The van der Waals surface area contributed by atoms with Gasteiger partial charge in [-0.25, -0.2) is 9.59 Å². The molecule has 5 aromatic rings. The van der Waals surface area contributed by atoms with Gasteiger partial charge in [-0.05, 0) is 74.0 Å². The third kappa shape index (κ3) is 8.11. The predicted octanol–water partition coefficient (Wildman–Crippen LogP) is 7.80. The molecular formula is C34H34N4O10. The van der Waals surface area contributed by atoms with E-state index in [4.69, 9.17) is 42.8 Å². The summed E-state index contributed by atoms with van der Waals surface area (Å²) in [5.74, 6) is 2.95. The normalized spacial score (nSPS) is 10.8. The van der Waals surface area contributed by atoms with Crippen molar-refractivity contribution in [2.75, 3.05) is 41.7 Å². The summed E-state index contributed by atoms with van der Waals surface area (Å²) < 4.78 is 42.5. The Morgan fingerprint density at radius 3 is 1.96 bits per heavy atom. The van der Waals surface area contributed by atoms with Crippen LogP contribution < -0.4 is 18.9 Å². The molecule has 14 heteroatoms. The maximum absolute atomic E-state index is 11.8. The van der Waals surface area contributed by atoms with Gasteiger partial charge in [0.15, 0.2) is 5.58 Å². The van der Waals surface area contributed by atoms with Crippen molar-refractivity contribution >= 4 is 29.1 Å². The molecule has 0 amide bonds. The van der Waals surface area contributed by atoms with E-state index >= 15 is 0 Å². The Kier molecular flexibility index (Phi) is 11.8. The molecule has 0 spiro atoms. The Labute approximate surface area is 275 Å². The van der Waals surface area contributed by atoms with E-state index in [0.717, 1.165) is 5.56 Å². The van der Waals surface area contributed by atoms with Gasteiger partial charge in [0.25, 0.3) is 0 Å². The number of hydrogen-bond donors (Lipinski definition) is 1. The highest BCUT2D eigenvalue weighted by atomic mass is 16.5. The highest BCUT2D eigenvalue weighted by molar-refractivity contribution is 5.94. The Morgan fingerprint density at radius 1 is 0.792 bits per heavy atom. The Hall–Kier alpha value is -6.27. The monoisotopic (exact) mass is 658 g/mol. The van der Waals surface area contributed by atoms with Crippen molar-refractivity contribution in [1.82, 2.24) is 4.98 Å². The highest BCUT2D eigenvalue weighted by Crippen LogP contribution is 2.37. The average molecular weight is 659 g/mol. The highest BCUT2D eigenvalue weighted by Gasteiger charge is 2.18. The third-order valence-electron chi connectivity index (χ3n) is 6.69. The molecule has 0 aliphatic heterocycles. The lowest BCUT2D eigenvalue weighted by molar-refractivity contribution is -0.138. The largest absolute Gasteiger partial charge is 0.497 e. The summed E-state index contributed by atoms with van der Waals surface area (Å²) in [7, 11) is 6.31. The number of fused-ring (bicyclic) bond motifs is 1. The molecule has 0 aliphatic rings. The van der Waals surface area contributed by atoms with Gasteiger partial charge < -0.3 is 42.2 Å². The minimum atomic E-state index is -0.725. The number of carbonyl (C=O) groups is 2. The minimum absolute atomic E-state index is 0.168. The average Bonchev–Trinajstić information content (AvgIpc) is 3.84. The van der Waals surface area contributed by atoms with Crippen LogP contribution in [0.3, 0.4) is 0 Å². The fourth-order valence-electron chi connectivity index (χ4n) is 4.48. The molecule has 1 N–H and O–H groups in total. The molecule has 5 rings (SSSR count). The molecule has 0 atom stereocenters. The number of carbonyl (C=O) groups excluding carboxylic acids is 2. The van der Waals surface area contributed by atoms with Crippen molar-refractivity contribution in [2.45, 2.75) is 13.8 Å². The fraction of sp³-hybridized carbons (Fsp3) is 0.235. The first-order valence-corrected chi connectivity index (χ1v) is 14.6. The molecule has 0 aliphatic carbocycles. The number of furan rings is 2. The number of nitrogens with zero attached hydrogens (tertiary/aromatic N) is 3. The summed E-state index contributed by atoms with van der Waals surface area (Å²) in [5.41, 5.74) is 11.5. The number of azide groups is 1. The molecule has 3 heterocycles. The standard InChI is InChI=1S/C17H17N3O5.C17H17NO5/c1-4-24-17(21)14(19-20-18)10-12-6-8-16(25-12)13-9-11(22-2)5-7-15(13)23-3;1-4-22-17(19)13-9-16-12(18-13)8-15(23-16)11-7-10(20-2)5-6-14(11)21-3/h5-10H,4H2,1-3H3;5-9,18H,4H2,1-3H3/b14-10-;. The lowest BCUT2D eigenvalue weighted by Gasteiger charge is -2.08. The summed E-state index contributed by atoms with van der Waals surface area (Å²) in [6.45, 7) is 3.91. The van der Waals surface area contributed by atoms with Gasteiger partial charge >= 0.3 is 11.9 Å². The lowest BCUT2D eigenvalue weighted by atomic mass is 10.1. The molecular weight excluding hydrogens is 624 g/mol. The van der Waals surface area contributed by atoms with E-state index in [1.54, 1.807) is 78.7 Å². The van der Waals surface area contributed by atoms with E-state index in [1.807, 2.05) is 24.3 Å². The second kappa shape index (κ2) is 16.3. The fourth-order valence-corrected chi connectivity index (χ4v) is 4.48. The van der Waals surface area contributed by atoms with Crippen molar-refractivity contribution in [2.24, 2.45) is 5.11 Å². The van der Waals surface area contributed by atoms with E-state index in [9.17, 15) is 9.59 Å². The number of H-pyrrole nitrogens is 1. The summed E-state index contributed by atoms with van der Waals surface area (Å²) in [4.78, 5) is 29.1. The SMILES string of the molecule is CCOC(=O)/C(=C/c1ccc(-c2cc(OC)ccc2OC)o1)N=[N+]=[N-].CCOC(=O)c1cc2oc(-c3cc(OC)ccc3OC)cc2[nH]1. The van der Waals surface area contributed by atoms with Crippen molar-refractivity contribution in [3.8, 4) is 45.6 Å². The van der Waals surface area contributed by atoms with E-state index < -0.39 is 11.9 Å². The van der Waals surface area contributed by atoms with Crippen molar-refractivity contribution in [1.29, 1.82) is 0 Å². The van der Waals surface area contributed by atoms with Gasteiger partial charge in [-0.1, -0.05) is 5.11 Å². The first-order valence-electron chi connectivity index (χ1n) is 14.6. The zero-order valence-corrected chi connectivity index (χ0v) is 27.2. The van der Waals surface area contributed by atoms with E-state index in [2.05, 4.69) is 15.0 Å². The number of benzene rings is 2. The molecule has 0 bridgehead atoms. The van der Waals surface area contributed by atoms with Crippen LogP contribution in [-0.4, -0.2) is 58.6 Å². The molecule has 48 heavy (non-hydrogen) atoms. The number of ether oxygens (including phenoxy) is 6. The quantitative estimate of drug-likeness (QED) is 0.0457. The molecule has 0 saturated carbocycles. The summed E-state index contributed by atoms with van der Waals surface area (Å²) in [6.07, 6.45) is 1.31. The summed E-state index contributed by atoms with van der Waals surface area (Å²) in [6, 6.07) is 17.6. The smallest absolute Gasteiger partial charge is 0.354 e. The van der Waals surface area contributed by atoms with Crippen LogP contribution in [-0.2, 0) is 14.3 Å². The van der Waals surface area contributed by atoms with Gasteiger partial charge in [-0.15, -0.1) is 0 Å². The molecule has 2 aromatic carbocycles. The summed E-state index contributed by atoms with van der Waals surface area (Å²) >= 11 is 0. The zero-order valence-electron chi connectivity index (χ0n) is 27.2. The number of esters is 2. The first kappa shape index (κ1) is 34.6. The molecule has 0 radical (unpaired) electrons. The number of aromatic amines is 1. The van der Waals surface area contributed by atoms with Crippen molar-refractivity contribution < 1.29 is 46.8 Å². The molecule has 0 saturated heterocycles. The van der Waals surface area contributed by atoms with Crippen LogP contribution in [0, 0.1) is 0 Å². The Balaban J connectivity index is 0.000000217. The molecule has 0 unspecified atom stereocenters. The number of nitrogens with one attached hydrogen (secondary N) is 1. The second-order valence-electron chi connectivity index (χ2n) is 9.57. The number of aromatic nitrogens is 1. The van der Waals surface area contributed by atoms with Gasteiger partial charge in [0, 0.05) is 17.0 Å². The van der Waals surface area contributed by atoms with Gasteiger partial charge in [0.05, 0.1) is 58.3 Å². The minimum Gasteiger partial charge on any atom is -0.497 e. The van der Waals surface area contributed by atoms with Crippen LogP contribution in [0.4, 0.5) is 0 Å². The van der Waals surface area contributed by atoms with Crippen LogP contribution in [0.2, 0.25) is 0 Å². The first-order chi connectivity index (χ1) is 23.3. The second-order valence-corrected chi connectivity index (χ2v) is 9.57. The number of methoxy groups -OCH3 is 4. The van der Waals surface area contributed by atoms with Crippen molar-refractivity contribution in [3.63, 3.8) is 0 Å². The third-order valence-corrected chi connectivity index (χ3v) is 6.69. The summed E-state index contributed by atoms with van der Waals surface area (Å²) in [5, 5.41) is 3.34. The molecule has 0 fully saturated rings. The van der Waals surface area contributed by atoms with Gasteiger partial charge in [-0.2, -0.15) is 0 Å². The van der Waals surface area contributed by atoms with Gasteiger partial charge in [0.1, 0.15) is 51.7 Å². The van der Waals surface area contributed by atoms with Crippen molar-refractivity contribution in [3.05, 3.63) is 88.3 Å². The van der Waals surface area contributed by atoms with Gasteiger partial charge in [0.2, 0.25) is 0 Å². The van der Waals surface area contributed by atoms with Crippen LogP contribution in [0.15, 0.2) is 80.3 Å². The Bertz CT molecular complexity index is 1930. The van der Waals surface area contributed by atoms with Crippen LogP contribution >= 0.6 is 0 Å². The Morgan fingerprint density at radius 2 is 1.42 bits per heavy atom. The molecule has 3 aromatic heterocycles. The van der Waals surface area contributed by atoms with Crippen LogP contribution in [0.25, 0.3) is 50.3 Å². The lowest BCUT2D eigenvalue weighted by Crippen LogP contribution is -2.05. The van der Waals surface area contributed by atoms with Crippen LogP contribution in [0.1, 0.15) is 30.1 Å². The maximum atomic E-state index is 11.8. The topological polar surface area (TPSA) is 180 Å². The van der Waals surface area contributed by atoms with Gasteiger partial charge in [-0.3, -0.25) is 0 Å². The number of rotatable bonds is 12.